The van der Waals surface area contributed by atoms with E-state index in [1.54, 1.807) is 0 Å². The molecule has 0 saturated heterocycles. The summed E-state index contributed by atoms with van der Waals surface area (Å²) < 4.78 is 1.97. The fourth-order valence-corrected chi connectivity index (χ4v) is 5.25. The van der Waals surface area contributed by atoms with Crippen molar-refractivity contribution in [3.8, 4) is 11.4 Å². The topological polar surface area (TPSA) is 54.3 Å². The van der Waals surface area contributed by atoms with E-state index < -0.39 is 0 Å². The van der Waals surface area contributed by atoms with Crippen molar-refractivity contribution in [3.05, 3.63) is 54.1 Å². The highest BCUT2D eigenvalue weighted by Crippen LogP contribution is 2.35. The Morgan fingerprint density at radius 2 is 1.81 bits per heavy atom. The fourth-order valence-electron chi connectivity index (χ4n) is 4.38. The summed E-state index contributed by atoms with van der Waals surface area (Å²) in [4.78, 5) is 17.6. The minimum atomic E-state index is -0.260. The maximum absolute atomic E-state index is 13.3. The quantitative estimate of drug-likeness (QED) is 0.486. The van der Waals surface area contributed by atoms with Crippen molar-refractivity contribution in [2.75, 3.05) is 22.9 Å². The molecule has 0 fully saturated rings. The molecule has 0 N–H and O–H groups in total. The Kier molecular flexibility index (Phi) is 6.55. The van der Waals surface area contributed by atoms with E-state index in [4.69, 9.17) is 0 Å². The van der Waals surface area contributed by atoms with Crippen molar-refractivity contribution in [1.29, 1.82) is 0 Å². The van der Waals surface area contributed by atoms with Crippen LogP contribution < -0.4 is 9.80 Å². The number of nitrogens with zero attached hydrogens (tertiary/aromatic N) is 5. The predicted molar refractivity (Wildman–Crippen MR) is 132 cm³/mol. The third-order valence-electron chi connectivity index (χ3n) is 6.16. The summed E-state index contributed by atoms with van der Waals surface area (Å²) in [6.07, 6.45) is 0.900. The Balaban J connectivity index is 1.50. The molecule has 1 aromatic heterocycles. The second-order valence-electron chi connectivity index (χ2n) is 8.23. The molecule has 4 rings (SSSR count). The molecule has 0 radical (unpaired) electrons. The molecule has 0 spiro atoms. The molecule has 1 aliphatic rings. The Labute approximate surface area is 194 Å². The van der Waals surface area contributed by atoms with Gasteiger partial charge < -0.3 is 14.4 Å². The van der Waals surface area contributed by atoms with Gasteiger partial charge in [0.05, 0.1) is 5.25 Å². The number of aromatic nitrogens is 3. The highest BCUT2D eigenvalue weighted by molar-refractivity contribution is 8.00. The minimum Gasteiger partial charge on any atom is -0.372 e. The molecule has 168 valence electrons. The van der Waals surface area contributed by atoms with E-state index in [0.29, 0.717) is 0 Å². The standard InChI is InChI=1S/C25H31N5OS/c1-6-29(7-2)21-14-12-19(13-15-21)23-26-27-25(28(23)5)32-18(4)24(31)30-17(3)16-20-10-8-9-11-22(20)30/h8-15,17-18H,6-7,16H2,1-5H3. The van der Waals surface area contributed by atoms with Crippen LogP contribution in [0.25, 0.3) is 11.4 Å². The lowest BCUT2D eigenvalue weighted by Crippen LogP contribution is -2.40. The lowest BCUT2D eigenvalue weighted by molar-refractivity contribution is -0.118. The van der Waals surface area contributed by atoms with Gasteiger partial charge in [0.2, 0.25) is 5.91 Å². The molecule has 6 nitrogen and oxygen atoms in total. The lowest BCUT2D eigenvalue weighted by Gasteiger charge is -2.25. The van der Waals surface area contributed by atoms with Gasteiger partial charge in [-0.15, -0.1) is 10.2 Å². The Bertz CT molecular complexity index is 1090. The Morgan fingerprint density at radius 3 is 2.50 bits per heavy atom. The SMILES string of the molecule is CCN(CC)c1ccc(-c2nnc(SC(C)C(=O)N3c4ccccc4CC3C)n2C)cc1. The summed E-state index contributed by atoms with van der Waals surface area (Å²) in [5.41, 5.74) is 4.49. The number of rotatable bonds is 7. The second kappa shape index (κ2) is 9.36. The summed E-state index contributed by atoms with van der Waals surface area (Å²) in [6.45, 7) is 10.3. The van der Waals surface area contributed by atoms with E-state index in [0.717, 1.165) is 41.7 Å². The number of carbonyl (C=O) groups is 1. The van der Waals surface area contributed by atoms with Crippen LogP contribution in [-0.4, -0.2) is 45.1 Å². The third kappa shape index (κ3) is 4.13. The van der Waals surface area contributed by atoms with Crippen molar-refractivity contribution in [2.45, 2.75) is 50.6 Å². The number of amides is 1. The molecule has 2 aromatic carbocycles. The van der Waals surface area contributed by atoms with E-state index in [2.05, 4.69) is 66.2 Å². The molecule has 1 amide bonds. The molecule has 0 bridgehead atoms. The van der Waals surface area contributed by atoms with E-state index in [9.17, 15) is 4.79 Å². The van der Waals surface area contributed by atoms with Crippen LogP contribution in [0.5, 0.6) is 0 Å². The molecule has 0 aliphatic carbocycles. The van der Waals surface area contributed by atoms with Gasteiger partial charge in [-0.1, -0.05) is 30.0 Å². The monoisotopic (exact) mass is 449 g/mol. The van der Waals surface area contributed by atoms with E-state index in [1.165, 1.54) is 23.0 Å². The van der Waals surface area contributed by atoms with Crippen molar-refractivity contribution in [1.82, 2.24) is 14.8 Å². The molecule has 0 saturated carbocycles. The molecule has 1 aliphatic heterocycles. The van der Waals surface area contributed by atoms with Crippen LogP contribution in [0.3, 0.4) is 0 Å². The number of benzene rings is 2. The molecule has 32 heavy (non-hydrogen) atoms. The second-order valence-corrected chi connectivity index (χ2v) is 9.54. The number of hydrogen-bond acceptors (Lipinski definition) is 5. The van der Waals surface area contributed by atoms with Gasteiger partial charge in [0.25, 0.3) is 0 Å². The maximum Gasteiger partial charge on any atom is 0.240 e. The first-order valence-corrected chi connectivity index (χ1v) is 12.1. The maximum atomic E-state index is 13.3. The number of fused-ring (bicyclic) bond motifs is 1. The lowest BCUT2D eigenvalue weighted by atomic mass is 10.1. The van der Waals surface area contributed by atoms with Crippen LogP contribution in [-0.2, 0) is 18.3 Å². The first-order chi connectivity index (χ1) is 15.4. The van der Waals surface area contributed by atoms with Gasteiger partial charge in [-0.2, -0.15) is 0 Å². The van der Waals surface area contributed by atoms with Crippen LogP contribution in [0, 0.1) is 0 Å². The summed E-state index contributed by atoms with van der Waals surface area (Å²) in [5.74, 6) is 0.915. The molecule has 2 atom stereocenters. The van der Waals surface area contributed by atoms with E-state index >= 15 is 0 Å². The van der Waals surface area contributed by atoms with Crippen molar-refractivity contribution in [2.24, 2.45) is 7.05 Å². The predicted octanol–water partition coefficient (Wildman–Crippen LogP) is 4.79. The number of thioether (sulfide) groups is 1. The summed E-state index contributed by atoms with van der Waals surface area (Å²) >= 11 is 1.46. The van der Waals surface area contributed by atoms with Gasteiger partial charge in [-0.05, 0) is 70.0 Å². The van der Waals surface area contributed by atoms with Crippen LogP contribution in [0.1, 0.15) is 33.3 Å². The largest absolute Gasteiger partial charge is 0.372 e. The first-order valence-electron chi connectivity index (χ1n) is 11.3. The number of hydrogen-bond donors (Lipinski definition) is 0. The fraction of sp³-hybridized carbons (Fsp3) is 0.400. The summed E-state index contributed by atoms with van der Waals surface area (Å²) in [5, 5.41) is 9.29. The minimum absolute atomic E-state index is 0.112. The molecule has 7 heteroatoms. The van der Waals surface area contributed by atoms with Crippen LogP contribution in [0.15, 0.2) is 53.7 Å². The zero-order chi connectivity index (χ0) is 22.8. The average Bonchev–Trinajstić information content (AvgIpc) is 3.33. The average molecular weight is 450 g/mol. The first kappa shape index (κ1) is 22.4. The number of para-hydroxylation sites is 1. The van der Waals surface area contributed by atoms with Gasteiger partial charge in [-0.3, -0.25) is 4.79 Å². The number of anilines is 2. The van der Waals surface area contributed by atoms with Crippen LogP contribution >= 0.6 is 11.8 Å². The highest BCUT2D eigenvalue weighted by Gasteiger charge is 2.34. The van der Waals surface area contributed by atoms with Crippen molar-refractivity contribution >= 4 is 29.0 Å². The summed E-state index contributed by atoms with van der Waals surface area (Å²) in [7, 11) is 1.96. The van der Waals surface area contributed by atoms with Gasteiger partial charge in [0.15, 0.2) is 11.0 Å². The number of carbonyl (C=O) groups excluding carboxylic acids is 1. The van der Waals surface area contributed by atoms with E-state index in [-0.39, 0.29) is 17.2 Å². The van der Waals surface area contributed by atoms with Crippen LogP contribution in [0.4, 0.5) is 11.4 Å². The van der Waals surface area contributed by atoms with Gasteiger partial charge in [0.1, 0.15) is 0 Å². The summed E-state index contributed by atoms with van der Waals surface area (Å²) in [6, 6.07) is 16.8. The van der Waals surface area contributed by atoms with Crippen molar-refractivity contribution in [3.63, 3.8) is 0 Å². The third-order valence-corrected chi connectivity index (χ3v) is 7.29. The normalized spacial score (nSPS) is 16.2. The smallest absolute Gasteiger partial charge is 0.240 e. The zero-order valence-corrected chi connectivity index (χ0v) is 20.3. The van der Waals surface area contributed by atoms with E-state index in [1.807, 2.05) is 41.6 Å². The highest BCUT2D eigenvalue weighted by atomic mass is 32.2. The molecular formula is C25H31N5OS. The van der Waals surface area contributed by atoms with Gasteiger partial charge >= 0.3 is 0 Å². The molecular weight excluding hydrogens is 418 g/mol. The van der Waals surface area contributed by atoms with Gasteiger partial charge in [0, 0.05) is 43.1 Å². The molecule has 2 heterocycles. The molecule has 2 unspecified atom stereocenters. The Morgan fingerprint density at radius 1 is 1.12 bits per heavy atom. The molecule has 3 aromatic rings. The van der Waals surface area contributed by atoms with Gasteiger partial charge in [-0.25, -0.2) is 0 Å². The van der Waals surface area contributed by atoms with Crippen molar-refractivity contribution < 1.29 is 4.79 Å². The van der Waals surface area contributed by atoms with Crippen LogP contribution in [0.2, 0.25) is 0 Å². The zero-order valence-electron chi connectivity index (χ0n) is 19.4. The Hall–Kier alpha value is -2.80.